The lowest BCUT2D eigenvalue weighted by Crippen LogP contribution is -2.24. The molecule has 3 nitrogen and oxygen atoms in total. The van der Waals surface area contributed by atoms with Gasteiger partial charge >= 0.3 is 0 Å². The fraction of sp³-hybridized carbons (Fsp3) is 0.333. The fourth-order valence-corrected chi connectivity index (χ4v) is 2.34. The van der Waals surface area contributed by atoms with E-state index in [0.29, 0.717) is 18.5 Å². The first-order chi connectivity index (χ1) is 8.91. The Morgan fingerprint density at radius 1 is 1.35 bits per heavy atom. The summed E-state index contributed by atoms with van der Waals surface area (Å²) in [5, 5.41) is 12.0. The van der Waals surface area contributed by atoms with Gasteiger partial charge in [0.05, 0.1) is 5.69 Å². The molecule has 0 spiro atoms. The molecule has 0 aromatic heterocycles. The van der Waals surface area contributed by atoms with Gasteiger partial charge in [0.15, 0.2) is 5.78 Å². The van der Waals surface area contributed by atoms with Crippen molar-refractivity contribution in [2.45, 2.75) is 26.7 Å². The maximum Gasteiger partial charge on any atom is 0.157 e. The number of carbonyl (C=O) groups excluding carboxylic acids is 1. The van der Waals surface area contributed by atoms with Crippen molar-refractivity contribution in [3.63, 3.8) is 0 Å². The number of nitriles is 1. The summed E-state index contributed by atoms with van der Waals surface area (Å²) in [6, 6.07) is 6.25. The lowest BCUT2D eigenvalue weighted by molar-refractivity contribution is -0.117. The van der Waals surface area contributed by atoms with Gasteiger partial charge in [-0.25, -0.2) is 4.39 Å². The van der Waals surface area contributed by atoms with Crippen LogP contribution in [0.1, 0.15) is 32.3 Å². The van der Waals surface area contributed by atoms with Crippen LogP contribution in [0.2, 0.25) is 0 Å². The summed E-state index contributed by atoms with van der Waals surface area (Å²) < 4.78 is 13.5. The second-order valence-electron chi connectivity index (χ2n) is 5.55. The molecule has 0 heterocycles. The largest absolute Gasteiger partial charge is 0.358 e. The van der Waals surface area contributed by atoms with Crippen molar-refractivity contribution in [2.24, 2.45) is 5.41 Å². The number of rotatable bonds is 2. The molecule has 0 bridgehead atoms. The highest BCUT2D eigenvalue weighted by Crippen LogP contribution is 2.34. The lowest BCUT2D eigenvalue weighted by atomic mass is 9.79. The Labute approximate surface area is 123 Å². The summed E-state index contributed by atoms with van der Waals surface area (Å²) in [7, 11) is 0. The van der Waals surface area contributed by atoms with Crippen LogP contribution in [-0.2, 0) is 4.79 Å². The maximum atomic E-state index is 13.5. The predicted molar refractivity (Wildman–Crippen MR) is 78.1 cm³/mol. The molecule has 0 atom stereocenters. The first kappa shape index (κ1) is 16.2. The van der Waals surface area contributed by atoms with Gasteiger partial charge in [0.2, 0.25) is 0 Å². The molecule has 1 aromatic rings. The minimum absolute atomic E-state index is 0. The second kappa shape index (κ2) is 6.06. The molecule has 0 amide bonds. The lowest BCUT2D eigenvalue weighted by Gasteiger charge is -2.29. The number of hydrogen-bond acceptors (Lipinski definition) is 3. The fourth-order valence-electron chi connectivity index (χ4n) is 2.34. The highest BCUT2D eigenvalue weighted by atomic mass is 35.5. The summed E-state index contributed by atoms with van der Waals surface area (Å²) in [6.07, 6.45) is 2.74. The van der Waals surface area contributed by atoms with E-state index in [1.807, 2.05) is 19.9 Å². The summed E-state index contributed by atoms with van der Waals surface area (Å²) in [6.45, 7) is 4.02. The van der Waals surface area contributed by atoms with E-state index in [9.17, 15) is 9.18 Å². The minimum Gasteiger partial charge on any atom is -0.358 e. The third-order valence-corrected chi connectivity index (χ3v) is 3.08. The van der Waals surface area contributed by atoms with E-state index >= 15 is 0 Å². The molecule has 0 aliphatic heterocycles. The van der Waals surface area contributed by atoms with Gasteiger partial charge < -0.3 is 5.32 Å². The normalized spacial score (nSPS) is 16.7. The summed E-state index contributed by atoms with van der Waals surface area (Å²) >= 11 is 0. The average molecular weight is 295 g/mol. The van der Waals surface area contributed by atoms with Crippen LogP contribution in [0.25, 0.3) is 0 Å². The molecule has 1 aliphatic rings. The van der Waals surface area contributed by atoms with Crippen molar-refractivity contribution < 1.29 is 9.18 Å². The maximum absolute atomic E-state index is 13.5. The molecule has 0 unspecified atom stereocenters. The van der Waals surface area contributed by atoms with Gasteiger partial charge in [0, 0.05) is 18.2 Å². The van der Waals surface area contributed by atoms with E-state index in [4.69, 9.17) is 5.26 Å². The van der Waals surface area contributed by atoms with E-state index in [1.165, 1.54) is 18.2 Å². The highest BCUT2D eigenvalue weighted by molar-refractivity contribution is 5.92. The van der Waals surface area contributed by atoms with Crippen LogP contribution >= 0.6 is 12.4 Å². The van der Waals surface area contributed by atoms with Crippen molar-refractivity contribution in [3.8, 4) is 6.07 Å². The molecule has 2 rings (SSSR count). The van der Waals surface area contributed by atoms with Gasteiger partial charge in [-0.05, 0) is 24.0 Å². The Hall–Kier alpha value is -1.86. The highest BCUT2D eigenvalue weighted by Gasteiger charge is 2.27. The van der Waals surface area contributed by atoms with Gasteiger partial charge in [-0.3, -0.25) is 4.79 Å². The van der Waals surface area contributed by atoms with Crippen LogP contribution in [0.15, 0.2) is 30.0 Å². The van der Waals surface area contributed by atoms with Gasteiger partial charge in [-0.2, -0.15) is 5.26 Å². The molecule has 0 fully saturated rings. The van der Waals surface area contributed by atoms with Crippen molar-refractivity contribution in [1.82, 2.24) is 0 Å². The molecule has 0 saturated heterocycles. The second-order valence-corrected chi connectivity index (χ2v) is 5.55. The number of carbonyl (C=O) groups is 1. The Kier molecular flexibility index (Phi) is 4.91. The van der Waals surface area contributed by atoms with Gasteiger partial charge in [-0.1, -0.05) is 19.9 Å². The molecule has 20 heavy (non-hydrogen) atoms. The number of halogens is 2. The Morgan fingerprint density at radius 3 is 2.65 bits per heavy atom. The third kappa shape index (κ3) is 3.58. The van der Waals surface area contributed by atoms with Crippen LogP contribution in [0.4, 0.5) is 10.1 Å². The Balaban J connectivity index is 0.00000200. The Bertz CT molecular complexity index is 602. The first-order valence-corrected chi connectivity index (χ1v) is 6.10. The summed E-state index contributed by atoms with van der Waals surface area (Å²) in [5.74, 6) is -0.511. The molecule has 1 aliphatic carbocycles. The van der Waals surface area contributed by atoms with Crippen molar-refractivity contribution in [2.75, 3.05) is 5.32 Å². The minimum atomic E-state index is -0.561. The Morgan fingerprint density at radius 2 is 2.05 bits per heavy atom. The summed E-state index contributed by atoms with van der Waals surface area (Å²) in [5.41, 5.74) is 0.982. The molecule has 0 radical (unpaired) electrons. The van der Waals surface area contributed by atoms with Crippen LogP contribution in [-0.4, -0.2) is 5.78 Å². The number of allylic oxidation sites excluding steroid dienone is 2. The van der Waals surface area contributed by atoms with E-state index in [-0.39, 0.29) is 29.2 Å². The third-order valence-electron chi connectivity index (χ3n) is 3.08. The molecular formula is C15H16ClFN2O. The number of nitrogens with zero attached hydrogens (tertiary/aromatic N) is 1. The van der Waals surface area contributed by atoms with E-state index in [0.717, 1.165) is 5.70 Å². The van der Waals surface area contributed by atoms with Crippen LogP contribution < -0.4 is 5.32 Å². The van der Waals surface area contributed by atoms with E-state index in [2.05, 4.69) is 5.32 Å². The molecule has 0 saturated carbocycles. The molecule has 1 aromatic carbocycles. The number of benzene rings is 1. The first-order valence-electron chi connectivity index (χ1n) is 6.10. The number of ketones is 1. The SMILES string of the molecule is CC1(C)CC(=O)C=C(Nc2cccc(F)c2C#N)C1.Cl. The average Bonchev–Trinajstić information content (AvgIpc) is 2.26. The topological polar surface area (TPSA) is 52.9 Å². The van der Waals surface area contributed by atoms with Gasteiger partial charge in [0.25, 0.3) is 0 Å². The number of anilines is 1. The summed E-state index contributed by atoms with van der Waals surface area (Å²) in [4.78, 5) is 11.6. The van der Waals surface area contributed by atoms with Crippen molar-refractivity contribution >= 4 is 23.9 Å². The standard InChI is InChI=1S/C15H15FN2O.ClH/c1-15(2)7-10(6-11(19)8-15)18-14-5-3-4-13(16)12(14)9-17;/h3-6,18H,7-8H2,1-2H3;1H. The zero-order valence-electron chi connectivity index (χ0n) is 11.4. The molecular weight excluding hydrogens is 279 g/mol. The smallest absolute Gasteiger partial charge is 0.157 e. The van der Waals surface area contributed by atoms with E-state index in [1.54, 1.807) is 6.07 Å². The van der Waals surface area contributed by atoms with E-state index < -0.39 is 5.82 Å². The zero-order chi connectivity index (χ0) is 14.0. The predicted octanol–water partition coefficient (Wildman–Crippen LogP) is 3.80. The quantitative estimate of drug-likeness (QED) is 0.902. The molecule has 5 heteroatoms. The number of nitrogens with one attached hydrogen (secondary N) is 1. The molecule has 1 N–H and O–H groups in total. The van der Waals surface area contributed by atoms with Crippen LogP contribution in [0, 0.1) is 22.6 Å². The monoisotopic (exact) mass is 294 g/mol. The van der Waals surface area contributed by atoms with Gasteiger partial charge in [-0.15, -0.1) is 12.4 Å². The van der Waals surface area contributed by atoms with Gasteiger partial charge in [0.1, 0.15) is 17.4 Å². The van der Waals surface area contributed by atoms with Crippen molar-refractivity contribution in [3.05, 3.63) is 41.4 Å². The van der Waals surface area contributed by atoms with Crippen LogP contribution in [0.5, 0.6) is 0 Å². The number of hydrogen-bond donors (Lipinski definition) is 1. The van der Waals surface area contributed by atoms with Crippen LogP contribution in [0.3, 0.4) is 0 Å². The molecule has 106 valence electrons. The zero-order valence-corrected chi connectivity index (χ0v) is 12.2. The van der Waals surface area contributed by atoms with Crippen molar-refractivity contribution in [1.29, 1.82) is 5.26 Å².